The van der Waals surface area contributed by atoms with Crippen LogP contribution < -0.4 is 31.9 Å². The first kappa shape index (κ1) is 44.1. The van der Waals surface area contributed by atoms with Gasteiger partial charge in [-0.25, -0.2) is 8.78 Å². The van der Waals surface area contributed by atoms with Crippen LogP contribution in [0.3, 0.4) is 0 Å². The molecule has 0 aliphatic heterocycles. The van der Waals surface area contributed by atoms with E-state index in [9.17, 15) is 46.6 Å². The molecule has 50 heavy (non-hydrogen) atoms. The van der Waals surface area contributed by atoms with Crippen LogP contribution in [-0.4, -0.2) is 77.9 Å². The van der Waals surface area contributed by atoms with E-state index < -0.39 is 94.3 Å². The van der Waals surface area contributed by atoms with E-state index in [2.05, 4.69) is 31.9 Å². The number of rotatable bonds is 20. The van der Waals surface area contributed by atoms with Crippen LogP contribution in [0.15, 0.2) is 0 Å². The number of halogens is 4. The molecule has 0 saturated carbocycles. The zero-order valence-electron chi connectivity index (χ0n) is 30.4. The van der Waals surface area contributed by atoms with E-state index in [4.69, 9.17) is 0 Å². The van der Waals surface area contributed by atoms with Crippen molar-refractivity contribution in [3.63, 3.8) is 0 Å². The highest BCUT2D eigenvalue weighted by Crippen LogP contribution is 2.29. The normalized spacial score (nSPS) is 15.0. The van der Waals surface area contributed by atoms with Crippen molar-refractivity contribution in [2.45, 2.75) is 118 Å². The Bertz CT molecular complexity index is 1320. The summed E-state index contributed by atoms with van der Waals surface area (Å²) in [5.41, 5.74) is -1.65. The van der Waals surface area contributed by atoms with Gasteiger partial charge in [-0.3, -0.25) is 24.0 Å². The zero-order chi connectivity index (χ0) is 38.5. The van der Waals surface area contributed by atoms with Crippen molar-refractivity contribution in [2.75, 3.05) is 13.1 Å². The number of carbonyl (C=O) groups is 5. The van der Waals surface area contributed by atoms with Gasteiger partial charge >= 0.3 is 0 Å². The van der Waals surface area contributed by atoms with E-state index in [1.165, 1.54) is 0 Å². The average Bonchev–Trinajstić information content (AvgIpc) is 3.05. The van der Waals surface area contributed by atoms with Gasteiger partial charge in [0.05, 0.1) is 6.04 Å². The number of amides is 5. The minimum Gasteiger partial charge on any atom is -0.503 e. The number of carbonyl (C=O) groups excluding carboxylic acids is 5. The number of aromatic hydroxyl groups is 1. The van der Waals surface area contributed by atoms with Crippen molar-refractivity contribution in [1.29, 1.82) is 0 Å². The van der Waals surface area contributed by atoms with Crippen molar-refractivity contribution in [3.8, 4) is 5.75 Å². The second-order valence-electron chi connectivity index (χ2n) is 13.3. The standard InChI is InChI=1S/C34H54F4N6O6/c1-10-13-21(42-34(50)28(18(8)11-2)44-32(48)22-23(35)25(37)29(45)26(38)24(22)36)31(47)41-20(14-16(4)5)15-40-19(9)30(46)43-27(17(6)7)33(49)39-12-3/h16-21,27-28,40,45H,10-15H2,1-9H3,(H,39,49)(H,41,47)(H,42,50)(H,43,46)(H,44,48)/t18-,19-,20-,21-,27-,28-/m0/s1. The van der Waals surface area contributed by atoms with Crippen LogP contribution >= 0.6 is 0 Å². The lowest BCUT2D eigenvalue weighted by atomic mass is 9.96. The van der Waals surface area contributed by atoms with Gasteiger partial charge in [0.2, 0.25) is 35.3 Å². The average molecular weight is 719 g/mol. The summed E-state index contributed by atoms with van der Waals surface area (Å²) in [6.45, 7) is 16.5. The lowest BCUT2D eigenvalue weighted by molar-refractivity contribution is -0.131. The molecule has 0 bridgehead atoms. The zero-order valence-corrected chi connectivity index (χ0v) is 30.4. The van der Waals surface area contributed by atoms with Gasteiger partial charge in [-0.15, -0.1) is 0 Å². The van der Waals surface area contributed by atoms with Crippen LogP contribution in [0.4, 0.5) is 17.6 Å². The van der Waals surface area contributed by atoms with E-state index in [0.717, 1.165) is 0 Å². The second kappa shape index (κ2) is 20.7. The van der Waals surface area contributed by atoms with Crippen LogP contribution in [0.5, 0.6) is 5.75 Å². The minimum atomic E-state index is -2.17. The molecule has 0 fully saturated rings. The van der Waals surface area contributed by atoms with Gasteiger partial charge < -0.3 is 37.0 Å². The molecule has 1 aromatic rings. The fourth-order valence-electron chi connectivity index (χ4n) is 5.13. The number of benzene rings is 1. The van der Waals surface area contributed by atoms with Crippen molar-refractivity contribution in [2.24, 2.45) is 17.8 Å². The number of hydrogen-bond donors (Lipinski definition) is 7. The molecule has 12 nitrogen and oxygen atoms in total. The quantitative estimate of drug-likeness (QED) is 0.0800. The summed E-state index contributed by atoms with van der Waals surface area (Å²) in [6.07, 6.45) is 1.40. The fraction of sp³-hybridized carbons (Fsp3) is 0.676. The summed E-state index contributed by atoms with van der Waals surface area (Å²) >= 11 is 0. The van der Waals surface area contributed by atoms with Gasteiger partial charge in [0, 0.05) is 19.1 Å². The van der Waals surface area contributed by atoms with Crippen molar-refractivity contribution in [1.82, 2.24) is 31.9 Å². The molecule has 0 aliphatic carbocycles. The van der Waals surface area contributed by atoms with Crippen molar-refractivity contribution in [3.05, 3.63) is 28.8 Å². The van der Waals surface area contributed by atoms with Crippen LogP contribution in [0, 0.1) is 41.0 Å². The van der Waals surface area contributed by atoms with E-state index >= 15 is 0 Å². The molecule has 0 radical (unpaired) electrons. The topological polar surface area (TPSA) is 178 Å². The number of hydrogen-bond acceptors (Lipinski definition) is 7. The highest BCUT2D eigenvalue weighted by Gasteiger charge is 2.35. The highest BCUT2D eigenvalue weighted by atomic mass is 19.2. The molecule has 0 saturated heterocycles. The van der Waals surface area contributed by atoms with E-state index in [1.807, 2.05) is 27.7 Å². The summed E-state index contributed by atoms with van der Waals surface area (Å²) in [5, 5.41) is 25.4. The molecule has 1 aromatic carbocycles. The smallest absolute Gasteiger partial charge is 0.258 e. The van der Waals surface area contributed by atoms with Gasteiger partial charge in [-0.1, -0.05) is 61.3 Å². The Kier molecular flexibility index (Phi) is 18.2. The molecule has 6 atom stereocenters. The minimum absolute atomic E-state index is 0.119. The summed E-state index contributed by atoms with van der Waals surface area (Å²) in [4.78, 5) is 65.2. The summed E-state index contributed by atoms with van der Waals surface area (Å²) in [6, 6.07) is -4.53. The SMILES string of the molecule is CCC[C@H](NC(=O)[C@@H](NC(=O)c1c(F)c(F)c(O)c(F)c1F)[C@@H](C)CC)C(=O)N[C@H](CN[C@@H](C)C(=O)N[C@H](C(=O)NCC)C(C)C)CC(C)C. The van der Waals surface area contributed by atoms with Gasteiger partial charge in [0.25, 0.3) is 5.91 Å². The Morgan fingerprint density at radius 3 is 1.76 bits per heavy atom. The second-order valence-corrected chi connectivity index (χ2v) is 13.3. The van der Waals surface area contributed by atoms with Crippen LogP contribution in [0.2, 0.25) is 0 Å². The molecule has 0 aliphatic rings. The molecular weight excluding hydrogens is 664 g/mol. The Morgan fingerprint density at radius 2 is 1.28 bits per heavy atom. The van der Waals surface area contributed by atoms with Gasteiger partial charge in [-0.2, -0.15) is 8.78 Å². The lowest BCUT2D eigenvalue weighted by Crippen LogP contribution is -2.58. The first-order valence-electron chi connectivity index (χ1n) is 17.1. The van der Waals surface area contributed by atoms with Crippen LogP contribution in [0.1, 0.15) is 98.4 Å². The Morgan fingerprint density at radius 1 is 0.700 bits per heavy atom. The number of phenols is 1. The maximum atomic E-state index is 14.4. The first-order valence-corrected chi connectivity index (χ1v) is 17.1. The Labute approximate surface area is 291 Å². The maximum absolute atomic E-state index is 14.4. The summed E-state index contributed by atoms with van der Waals surface area (Å²) in [5.74, 6) is -15.0. The molecule has 0 spiro atoms. The molecule has 0 unspecified atom stereocenters. The predicted molar refractivity (Wildman–Crippen MR) is 180 cm³/mol. The van der Waals surface area contributed by atoms with Crippen molar-refractivity contribution < 1.29 is 46.6 Å². The number of nitrogens with one attached hydrogen (secondary N) is 6. The fourth-order valence-corrected chi connectivity index (χ4v) is 5.13. The molecule has 0 aromatic heterocycles. The maximum Gasteiger partial charge on any atom is 0.258 e. The largest absolute Gasteiger partial charge is 0.503 e. The van der Waals surface area contributed by atoms with Crippen molar-refractivity contribution >= 4 is 29.5 Å². The van der Waals surface area contributed by atoms with Gasteiger partial charge in [0.1, 0.15) is 23.7 Å². The Hall–Kier alpha value is -3.95. The molecule has 5 amide bonds. The monoisotopic (exact) mass is 718 g/mol. The van der Waals surface area contributed by atoms with Crippen LogP contribution in [0.25, 0.3) is 0 Å². The van der Waals surface area contributed by atoms with Gasteiger partial charge in [-0.05, 0) is 44.4 Å². The summed E-state index contributed by atoms with van der Waals surface area (Å²) < 4.78 is 56.7. The first-order chi connectivity index (χ1) is 23.3. The third kappa shape index (κ3) is 12.4. The third-order valence-corrected chi connectivity index (χ3v) is 8.22. The molecule has 1 rings (SSSR count). The molecule has 284 valence electrons. The third-order valence-electron chi connectivity index (χ3n) is 8.22. The summed E-state index contributed by atoms with van der Waals surface area (Å²) in [7, 11) is 0. The molecule has 7 N–H and O–H groups in total. The molecule has 16 heteroatoms. The number of phenolic OH excluding ortho intramolecular Hbond substituents is 1. The van der Waals surface area contributed by atoms with E-state index in [-0.39, 0.29) is 37.1 Å². The van der Waals surface area contributed by atoms with E-state index in [0.29, 0.717) is 19.4 Å². The van der Waals surface area contributed by atoms with Gasteiger partial charge in [0.15, 0.2) is 17.4 Å². The van der Waals surface area contributed by atoms with E-state index in [1.54, 1.807) is 34.6 Å². The number of likely N-dealkylation sites (N-methyl/N-ethyl adjacent to an activating group) is 1. The molecule has 0 heterocycles. The van der Waals surface area contributed by atoms with Crippen LogP contribution in [-0.2, 0) is 19.2 Å². The Balaban J connectivity index is 3.13. The highest BCUT2D eigenvalue weighted by molar-refractivity contribution is 5.99. The lowest BCUT2D eigenvalue weighted by Gasteiger charge is -2.29. The predicted octanol–water partition coefficient (Wildman–Crippen LogP) is 3.16. The molecular formula is C34H54F4N6O6.